The van der Waals surface area contributed by atoms with Crippen LogP contribution in [0.15, 0.2) is 54.1 Å². The second kappa shape index (κ2) is 7.57. The molecule has 2 amide bonds. The Bertz CT molecular complexity index is 936. The van der Waals surface area contributed by atoms with Gasteiger partial charge >= 0.3 is 0 Å². The van der Waals surface area contributed by atoms with Gasteiger partial charge in [-0.25, -0.2) is 0 Å². The summed E-state index contributed by atoms with van der Waals surface area (Å²) in [6.45, 7) is 1.33. The number of halogens is 1. The van der Waals surface area contributed by atoms with Gasteiger partial charge in [0.05, 0.1) is 10.6 Å². The van der Waals surface area contributed by atoms with Gasteiger partial charge in [0, 0.05) is 24.4 Å². The van der Waals surface area contributed by atoms with Gasteiger partial charge in [0.1, 0.15) is 0 Å². The Morgan fingerprint density at radius 2 is 1.89 bits per heavy atom. The SMILES string of the molecule is O=C(Nc1ccc2c(c1)CN(C(=O)C1=CCCC1)CC2)c1ccccc1Cl. The zero-order valence-electron chi connectivity index (χ0n) is 15.0. The van der Waals surface area contributed by atoms with Crippen LogP contribution in [0.2, 0.25) is 5.02 Å². The molecule has 0 spiro atoms. The number of fused-ring (bicyclic) bond motifs is 1. The lowest BCUT2D eigenvalue weighted by Gasteiger charge is -2.29. The fourth-order valence-electron chi connectivity index (χ4n) is 3.72. The molecule has 1 aliphatic carbocycles. The van der Waals surface area contributed by atoms with Crippen molar-refractivity contribution in [1.29, 1.82) is 0 Å². The van der Waals surface area contributed by atoms with Crippen LogP contribution in [0.5, 0.6) is 0 Å². The van der Waals surface area contributed by atoms with Crippen LogP contribution in [0.4, 0.5) is 5.69 Å². The second-order valence-electron chi connectivity index (χ2n) is 7.02. The number of rotatable bonds is 3. The smallest absolute Gasteiger partial charge is 0.257 e. The van der Waals surface area contributed by atoms with Crippen LogP contribution < -0.4 is 5.32 Å². The van der Waals surface area contributed by atoms with E-state index >= 15 is 0 Å². The van der Waals surface area contributed by atoms with Crippen LogP contribution in [0.3, 0.4) is 0 Å². The van der Waals surface area contributed by atoms with E-state index in [1.165, 1.54) is 5.56 Å². The molecular weight excluding hydrogens is 360 g/mol. The lowest BCUT2D eigenvalue weighted by atomic mass is 9.98. The number of benzene rings is 2. The molecule has 0 saturated heterocycles. The van der Waals surface area contributed by atoms with Gasteiger partial charge in [-0.15, -0.1) is 0 Å². The van der Waals surface area contributed by atoms with E-state index in [4.69, 9.17) is 11.6 Å². The van der Waals surface area contributed by atoms with Crippen molar-refractivity contribution in [2.45, 2.75) is 32.2 Å². The summed E-state index contributed by atoms with van der Waals surface area (Å²) in [7, 11) is 0. The number of carbonyl (C=O) groups excluding carboxylic acids is 2. The van der Waals surface area contributed by atoms with Gasteiger partial charge in [-0.1, -0.05) is 35.9 Å². The number of allylic oxidation sites excluding steroid dienone is 1. The molecule has 0 aromatic heterocycles. The van der Waals surface area contributed by atoms with Crippen molar-refractivity contribution in [3.63, 3.8) is 0 Å². The average molecular weight is 381 g/mol. The molecule has 138 valence electrons. The summed E-state index contributed by atoms with van der Waals surface area (Å²) in [5.41, 5.74) is 4.43. The average Bonchev–Trinajstić information content (AvgIpc) is 3.22. The fraction of sp³-hybridized carbons (Fsp3) is 0.273. The summed E-state index contributed by atoms with van der Waals surface area (Å²) in [5, 5.41) is 3.34. The quantitative estimate of drug-likeness (QED) is 0.846. The number of carbonyl (C=O) groups is 2. The Morgan fingerprint density at radius 3 is 2.67 bits per heavy atom. The maximum absolute atomic E-state index is 12.7. The van der Waals surface area contributed by atoms with Crippen molar-refractivity contribution < 1.29 is 9.59 Å². The summed E-state index contributed by atoms with van der Waals surface area (Å²) < 4.78 is 0. The Labute approximate surface area is 163 Å². The minimum atomic E-state index is -0.236. The summed E-state index contributed by atoms with van der Waals surface area (Å²) >= 11 is 6.11. The van der Waals surface area contributed by atoms with E-state index in [-0.39, 0.29) is 11.8 Å². The highest BCUT2D eigenvalue weighted by molar-refractivity contribution is 6.34. The highest BCUT2D eigenvalue weighted by atomic mass is 35.5. The summed E-state index contributed by atoms with van der Waals surface area (Å²) in [6.07, 6.45) is 5.87. The molecular formula is C22H21ClN2O2. The zero-order chi connectivity index (χ0) is 18.8. The molecule has 1 heterocycles. The monoisotopic (exact) mass is 380 g/mol. The Morgan fingerprint density at radius 1 is 1.04 bits per heavy atom. The van der Waals surface area contributed by atoms with Crippen molar-refractivity contribution in [3.8, 4) is 0 Å². The third-order valence-electron chi connectivity index (χ3n) is 5.20. The summed E-state index contributed by atoms with van der Waals surface area (Å²) in [5.74, 6) is -0.0796. The molecule has 0 unspecified atom stereocenters. The van der Waals surface area contributed by atoms with Gasteiger partial charge in [0.25, 0.3) is 5.91 Å². The fourth-order valence-corrected chi connectivity index (χ4v) is 3.94. The number of anilines is 1. The predicted octanol–water partition coefficient (Wildman–Crippen LogP) is 4.59. The van der Waals surface area contributed by atoms with E-state index in [0.717, 1.165) is 43.4 Å². The van der Waals surface area contributed by atoms with Crippen LogP contribution in [-0.4, -0.2) is 23.3 Å². The van der Waals surface area contributed by atoms with Crippen LogP contribution in [-0.2, 0) is 17.8 Å². The lowest BCUT2D eigenvalue weighted by molar-refractivity contribution is -0.128. The molecule has 2 aromatic rings. The van der Waals surface area contributed by atoms with E-state index in [2.05, 4.69) is 11.4 Å². The molecule has 4 rings (SSSR count). The molecule has 0 saturated carbocycles. The van der Waals surface area contributed by atoms with Gasteiger partial charge in [0.2, 0.25) is 5.91 Å². The minimum absolute atomic E-state index is 0.156. The molecule has 27 heavy (non-hydrogen) atoms. The number of hydrogen-bond acceptors (Lipinski definition) is 2. The predicted molar refractivity (Wildman–Crippen MR) is 107 cm³/mol. The molecule has 0 atom stereocenters. The van der Waals surface area contributed by atoms with Gasteiger partial charge in [0.15, 0.2) is 0 Å². The van der Waals surface area contributed by atoms with Crippen molar-refractivity contribution in [1.82, 2.24) is 4.90 Å². The summed E-state index contributed by atoms with van der Waals surface area (Å²) in [6, 6.07) is 12.9. The van der Waals surface area contributed by atoms with Crippen LogP contribution in [0.1, 0.15) is 40.7 Å². The molecule has 4 nitrogen and oxygen atoms in total. The first-order valence-electron chi connectivity index (χ1n) is 9.28. The highest BCUT2D eigenvalue weighted by Crippen LogP contribution is 2.27. The molecule has 1 N–H and O–H groups in total. The van der Waals surface area contributed by atoms with Crippen molar-refractivity contribution in [2.75, 3.05) is 11.9 Å². The minimum Gasteiger partial charge on any atom is -0.334 e. The zero-order valence-corrected chi connectivity index (χ0v) is 15.8. The van der Waals surface area contributed by atoms with Crippen LogP contribution in [0.25, 0.3) is 0 Å². The van der Waals surface area contributed by atoms with Crippen molar-refractivity contribution in [2.24, 2.45) is 0 Å². The molecule has 2 aliphatic rings. The van der Waals surface area contributed by atoms with Gasteiger partial charge in [-0.3, -0.25) is 9.59 Å². The Hall–Kier alpha value is -2.59. The molecule has 1 aliphatic heterocycles. The van der Waals surface area contributed by atoms with Crippen LogP contribution >= 0.6 is 11.6 Å². The Balaban J connectivity index is 1.50. The topological polar surface area (TPSA) is 49.4 Å². The molecule has 0 bridgehead atoms. The molecule has 0 fully saturated rings. The maximum atomic E-state index is 12.7. The van der Waals surface area contributed by atoms with Gasteiger partial charge in [-0.2, -0.15) is 0 Å². The van der Waals surface area contributed by atoms with Crippen molar-refractivity contribution >= 4 is 29.1 Å². The van der Waals surface area contributed by atoms with Gasteiger partial charge in [-0.05, 0) is 61.1 Å². The van der Waals surface area contributed by atoms with E-state index in [9.17, 15) is 9.59 Å². The lowest BCUT2D eigenvalue weighted by Crippen LogP contribution is -2.36. The second-order valence-corrected chi connectivity index (χ2v) is 7.42. The number of nitrogens with zero attached hydrogens (tertiary/aromatic N) is 1. The number of nitrogens with one attached hydrogen (secondary N) is 1. The van der Waals surface area contributed by atoms with E-state index in [1.807, 2.05) is 23.1 Å². The third-order valence-corrected chi connectivity index (χ3v) is 5.53. The molecule has 2 aromatic carbocycles. The normalized spacial score (nSPS) is 15.9. The van der Waals surface area contributed by atoms with Gasteiger partial charge < -0.3 is 10.2 Å². The van der Waals surface area contributed by atoms with E-state index < -0.39 is 0 Å². The summed E-state index contributed by atoms with van der Waals surface area (Å²) in [4.78, 5) is 27.1. The number of hydrogen-bond donors (Lipinski definition) is 1. The Kier molecular flexibility index (Phi) is 4.99. The molecule has 5 heteroatoms. The maximum Gasteiger partial charge on any atom is 0.257 e. The molecule has 0 radical (unpaired) electrons. The van der Waals surface area contributed by atoms with Crippen molar-refractivity contribution in [3.05, 3.63) is 75.8 Å². The van der Waals surface area contributed by atoms with E-state index in [1.54, 1.807) is 24.3 Å². The largest absolute Gasteiger partial charge is 0.334 e. The number of amides is 2. The third kappa shape index (κ3) is 3.76. The first kappa shape index (κ1) is 17.8. The van der Waals surface area contributed by atoms with Crippen LogP contribution in [0, 0.1) is 0 Å². The highest BCUT2D eigenvalue weighted by Gasteiger charge is 2.24. The van der Waals surface area contributed by atoms with E-state index in [0.29, 0.717) is 22.8 Å². The first-order valence-corrected chi connectivity index (χ1v) is 9.65. The standard InChI is InChI=1S/C22H21ClN2O2/c23-20-8-4-3-7-19(20)21(26)24-18-10-9-15-11-12-25(14-17(15)13-18)22(27)16-5-1-2-6-16/h3-5,7-10,13H,1-2,6,11-12,14H2,(H,24,26). The first-order chi connectivity index (χ1) is 13.1.